The third-order valence-electron chi connectivity index (χ3n) is 4.79. The maximum atomic E-state index is 12.2. The highest BCUT2D eigenvalue weighted by molar-refractivity contribution is 5.94. The number of benzene rings is 2. The Balaban J connectivity index is 1.68. The van der Waals surface area contributed by atoms with Gasteiger partial charge in [0.15, 0.2) is 0 Å². The van der Waals surface area contributed by atoms with Crippen LogP contribution in [0.2, 0.25) is 0 Å². The van der Waals surface area contributed by atoms with Crippen LogP contribution in [-0.2, 0) is 13.0 Å². The van der Waals surface area contributed by atoms with Gasteiger partial charge in [-0.3, -0.25) is 4.79 Å². The molecule has 0 saturated carbocycles. The van der Waals surface area contributed by atoms with Gasteiger partial charge in [-0.1, -0.05) is 37.3 Å². The molecule has 0 bridgehead atoms. The van der Waals surface area contributed by atoms with E-state index in [1.807, 2.05) is 19.1 Å². The minimum atomic E-state index is 0.0132. The molecule has 24 heavy (non-hydrogen) atoms. The standard InChI is InChI=1S/C21H26N2O/c1-3-16(2)22-21(24)19-12-10-17(11-13-19)15-23-14-6-8-18-7-4-5-9-20(18)23/h4-5,7,9-13,16H,3,6,8,14-15H2,1-2H3,(H,22,24)/t16-/m1/s1. The lowest BCUT2D eigenvalue weighted by Crippen LogP contribution is -2.32. The average Bonchev–Trinajstić information content (AvgIpc) is 2.62. The Morgan fingerprint density at radius 3 is 2.67 bits per heavy atom. The van der Waals surface area contributed by atoms with Gasteiger partial charge in [-0.05, 0) is 55.5 Å². The first kappa shape index (κ1) is 16.6. The lowest BCUT2D eigenvalue weighted by atomic mass is 10.0. The van der Waals surface area contributed by atoms with E-state index in [2.05, 4.69) is 53.5 Å². The molecule has 0 unspecified atom stereocenters. The summed E-state index contributed by atoms with van der Waals surface area (Å²) in [6.07, 6.45) is 3.31. The summed E-state index contributed by atoms with van der Waals surface area (Å²) in [5, 5.41) is 3.01. The Hall–Kier alpha value is -2.29. The molecule has 1 amide bonds. The lowest BCUT2D eigenvalue weighted by Gasteiger charge is -2.31. The second kappa shape index (κ2) is 7.52. The molecule has 0 fully saturated rings. The van der Waals surface area contributed by atoms with Gasteiger partial charge in [-0.15, -0.1) is 0 Å². The van der Waals surface area contributed by atoms with Crippen LogP contribution in [-0.4, -0.2) is 18.5 Å². The van der Waals surface area contributed by atoms with Crippen molar-refractivity contribution in [3.8, 4) is 0 Å². The molecule has 1 heterocycles. The van der Waals surface area contributed by atoms with Crippen molar-refractivity contribution in [1.82, 2.24) is 5.32 Å². The molecule has 2 aromatic carbocycles. The number of aryl methyl sites for hydroxylation is 1. The molecule has 1 aliphatic rings. The molecule has 0 spiro atoms. The summed E-state index contributed by atoms with van der Waals surface area (Å²) in [4.78, 5) is 14.6. The minimum Gasteiger partial charge on any atom is -0.367 e. The Morgan fingerprint density at radius 1 is 1.17 bits per heavy atom. The van der Waals surface area contributed by atoms with Gasteiger partial charge in [0.05, 0.1) is 0 Å². The first-order valence-electron chi connectivity index (χ1n) is 8.90. The van der Waals surface area contributed by atoms with Crippen molar-refractivity contribution in [3.05, 3.63) is 65.2 Å². The monoisotopic (exact) mass is 322 g/mol. The van der Waals surface area contributed by atoms with Crippen molar-refractivity contribution >= 4 is 11.6 Å². The second-order valence-corrected chi connectivity index (χ2v) is 6.63. The van der Waals surface area contributed by atoms with E-state index in [4.69, 9.17) is 0 Å². The van der Waals surface area contributed by atoms with E-state index < -0.39 is 0 Å². The molecule has 1 aliphatic heterocycles. The number of nitrogens with zero attached hydrogens (tertiary/aromatic N) is 1. The zero-order chi connectivity index (χ0) is 16.9. The Bertz CT molecular complexity index is 693. The number of hydrogen-bond acceptors (Lipinski definition) is 2. The van der Waals surface area contributed by atoms with Gasteiger partial charge >= 0.3 is 0 Å². The minimum absolute atomic E-state index is 0.0132. The molecule has 3 nitrogen and oxygen atoms in total. The van der Waals surface area contributed by atoms with Crippen LogP contribution in [0.25, 0.3) is 0 Å². The van der Waals surface area contributed by atoms with E-state index in [0.29, 0.717) is 0 Å². The number of fused-ring (bicyclic) bond motifs is 1. The Morgan fingerprint density at radius 2 is 1.92 bits per heavy atom. The van der Waals surface area contributed by atoms with Crippen LogP contribution in [0.3, 0.4) is 0 Å². The first-order valence-corrected chi connectivity index (χ1v) is 8.90. The van der Waals surface area contributed by atoms with Crippen LogP contribution in [0.1, 0.15) is 48.2 Å². The summed E-state index contributed by atoms with van der Waals surface area (Å²) in [6.45, 7) is 6.09. The maximum absolute atomic E-state index is 12.2. The highest BCUT2D eigenvalue weighted by Crippen LogP contribution is 2.28. The molecule has 0 aromatic heterocycles. The molecule has 126 valence electrons. The first-order chi connectivity index (χ1) is 11.7. The van der Waals surface area contributed by atoms with Crippen LogP contribution in [0.15, 0.2) is 48.5 Å². The molecule has 1 N–H and O–H groups in total. The number of hydrogen-bond donors (Lipinski definition) is 1. The van der Waals surface area contributed by atoms with Gasteiger partial charge in [0.1, 0.15) is 0 Å². The molecule has 0 saturated heterocycles. The van der Waals surface area contributed by atoms with Crippen LogP contribution in [0, 0.1) is 0 Å². The third-order valence-corrected chi connectivity index (χ3v) is 4.79. The predicted molar refractivity (Wildman–Crippen MR) is 99.5 cm³/mol. The number of carbonyl (C=O) groups is 1. The van der Waals surface area contributed by atoms with E-state index >= 15 is 0 Å². The number of nitrogens with one attached hydrogen (secondary N) is 1. The zero-order valence-electron chi connectivity index (χ0n) is 14.6. The molecule has 1 atom stereocenters. The summed E-state index contributed by atoms with van der Waals surface area (Å²) >= 11 is 0. The molecular formula is C21H26N2O. The highest BCUT2D eigenvalue weighted by atomic mass is 16.1. The molecule has 0 radical (unpaired) electrons. The van der Waals surface area contributed by atoms with Crippen LogP contribution >= 0.6 is 0 Å². The SMILES string of the molecule is CC[C@@H](C)NC(=O)c1ccc(CN2CCCc3ccccc32)cc1. The van der Waals surface area contributed by atoms with Crippen LogP contribution < -0.4 is 10.2 Å². The van der Waals surface area contributed by atoms with Gasteiger partial charge in [-0.25, -0.2) is 0 Å². The van der Waals surface area contributed by atoms with E-state index in [9.17, 15) is 4.79 Å². The molecule has 0 aliphatic carbocycles. The lowest BCUT2D eigenvalue weighted by molar-refractivity contribution is 0.0939. The van der Waals surface area contributed by atoms with Crippen molar-refractivity contribution in [2.75, 3.05) is 11.4 Å². The van der Waals surface area contributed by atoms with Gasteiger partial charge in [0.2, 0.25) is 0 Å². The smallest absolute Gasteiger partial charge is 0.251 e. The third kappa shape index (κ3) is 3.78. The van der Waals surface area contributed by atoms with Crippen molar-refractivity contribution in [1.29, 1.82) is 0 Å². The number of carbonyl (C=O) groups excluding carboxylic acids is 1. The average molecular weight is 322 g/mol. The Labute approximate surface area is 144 Å². The highest BCUT2D eigenvalue weighted by Gasteiger charge is 2.16. The van der Waals surface area contributed by atoms with Crippen LogP contribution in [0.5, 0.6) is 0 Å². The molecule has 3 heteroatoms. The largest absolute Gasteiger partial charge is 0.367 e. The van der Waals surface area contributed by atoms with Crippen molar-refractivity contribution in [2.45, 2.75) is 45.7 Å². The summed E-state index contributed by atoms with van der Waals surface area (Å²) in [5.41, 5.74) is 4.76. The molecular weight excluding hydrogens is 296 g/mol. The summed E-state index contributed by atoms with van der Waals surface area (Å²) in [5.74, 6) is 0.0132. The Kier molecular flexibility index (Phi) is 5.19. The van der Waals surface area contributed by atoms with Crippen molar-refractivity contribution in [2.24, 2.45) is 0 Å². The molecule has 3 rings (SSSR count). The van der Waals surface area contributed by atoms with Gasteiger partial charge in [-0.2, -0.15) is 0 Å². The predicted octanol–water partition coefficient (Wildman–Crippen LogP) is 4.17. The summed E-state index contributed by atoms with van der Waals surface area (Å²) in [7, 11) is 0. The molecule has 2 aromatic rings. The van der Waals surface area contributed by atoms with Crippen molar-refractivity contribution in [3.63, 3.8) is 0 Å². The number of anilines is 1. The fourth-order valence-corrected chi connectivity index (χ4v) is 3.17. The van der Waals surface area contributed by atoms with E-state index in [1.54, 1.807) is 0 Å². The van der Waals surface area contributed by atoms with Gasteiger partial charge in [0, 0.05) is 30.4 Å². The van der Waals surface area contributed by atoms with E-state index in [-0.39, 0.29) is 11.9 Å². The number of rotatable bonds is 5. The topological polar surface area (TPSA) is 32.3 Å². The summed E-state index contributed by atoms with van der Waals surface area (Å²) in [6, 6.07) is 16.9. The van der Waals surface area contributed by atoms with Gasteiger partial charge in [0.25, 0.3) is 5.91 Å². The van der Waals surface area contributed by atoms with Gasteiger partial charge < -0.3 is 10.2 Å². The number of amides is 1. The normalized spacial score (nSPS) is 14.8. The van der Waals surface area contributed by atoms with Crippen molar-refractivity contribution < 1.29 is 4.79 Å². The number of para-hydroxylation sites is 1. The maximum Gasteiger partial charge on any atom is 0.251 e. The zero-order valence-corrected chi connectivity index (χ0v) is 14.6. The quantitative estimate of drug-likeness (QED) is 0.896. The fourth-order valence-electron chi connectivity index (χ4n) is 3.17. The summed E-state index contributed by atoms with van der Waals surface area (Å²) < 4.78 is 0. The fraction of sp³-hybridized carbons (Fsp3) is 0.381. The van der Waals surface area contributed by atoms with E-state index in [1.165, 1.54) is 29.7 Å². The second-order valence-electron chi connectivity index (χ2n) is 6.63. The van der Waals surface area contributed by atoms with E-state index in [0.717, 1.165) is 25.1 Å². The van der Waals surface area contributed by atoms with Crippen LogP contribution in [0.4, 0.5) is 5.69 Å².